The van der Waals surface area contributed by atoms with Crippen LogP contribution in [-0.2, 0) is 6.42 Å². The van der Waals surface area contributed by atoms with Crippen LogP contribution in [0.25, 0.3) is 11.1 Å². The monoisotopic (exact) mass is 225 g/mol. The molecule has 3 nitrogen and oxygen atoms in total. The number of aromatic hydroxyl groups is 1. The zero-order chi connectivity index (χ0) is 11.7. The molecule has 3 aromatic rings. The van der Waals surface area contributed by atoms with E-state index in [4.69, 9.17) is 4.42 Å². The van der Waals surface area contributed by atoms with Crippen LogP contribution in [0.1, 0.15) is 11.5 Å². The van der Waals surface area contributed by atoms with Gasteiger partial charge in [0.25, 0.3) is 0 Å². The summed E-state index contributed by atoms with van der Waals surface area (Å²) in [5, 5.41) is 9.35. The number of fused-ring (bicyclic) bond motifs is 1. The van der Waals surface area contributed by atoms with Crippen molar-refractivity contribution in [3.8, 4) is 5.75 Å². The summed E-state index contributed by atoms with van der Waals surface area (Å²) in [5.74, 6) is 0.869. The van der Waals surface area contributed by atoms with Crippen LogP contribution in [0, 0.1) is 0 Å². The predicted octanol–water partition coefficient (Wildman–Crippen LogP) is 3.12. The summed E-state index contributed by atoms with van der Waals surface area (Å²) in [5.41, 5.74) is 2.55. The molecule has 0 aliphatic heterocycles. The fourth-order valence-corrected chi connectivity index (χ4v) is 1.81. The second-order valence-electron chi connectivity index (χ2n) is 3.92. The number of benzene rings is 2. The van der Waals surface area contributed by atoms with Gasteiger partial charge in [0.1, 0.15) is 11.3 Å². The van der Waals surface area contributed by atoms with E-state index in [2.05, 4.69) is 4.98 Å². The lowest BCUT2D eigenvalue weighted by Gasteiger charge is -1.94. The zero-order valence-electron chi connectivity index (χ0n) is 9.13. The fraction of sp³-hybridized carbons (Fsp3) is 0.0714. The number of phenolic OH excluding ortho intramolecular Hbond substituents is 1. The summed E-state index contributed by atoms with van der Waals surface area (Å²) < 4.78 is 5.60. The van der Waals surface area contributed by atoms with E-state index in [0.29, 0.717) is 23.4 Å². The fourth-order valence-electron chi connectivity index (χ4n) is 1.81. The minimum Gasteiger partial charge on any atom is -0.508 e. The summed E-state index contributed by atoms with van der Waals surface area (Å²) in [6.07, 6.45) is 0.663. The van der Waals surface area contributed by atoms with E-state index in [9.17, 15) is 5.11 Å². The Kier molecular flexibility index (Phi) is 2.29. The van der Waals surface area contributed by atoms with Crippen molar-refractivity contribution in [1.82, 2.24) is 4.98 Å². The van der Waals surface area contributed by atoms with Crippen LogP contribution in [0.2, 0.25) is 0 Å². The van der Waals surface area contributed by atoms with Crippen molar-refractivity contribution in [1.29, 1.82) is 0 Å². The van der Waals surface area contributed by atoms with Crippen LogP contribution >= 0.6 is 0 Å². The molecule has 0 aliphatic carbocycles. The molecule has 0 aliphatic rings. The summed E-state index contributed by atoms with van der Waals surface area (Å²) in [6, 6.07) is 15.0. The highest BCUT2D eigenvalue weighted by atomic mass is 16.3. The highest BCUT2D eigenvalue weighted by molar-refractivity contribution is 5.74. The first-order valence-electron chi connectivity index (χ1n) is 5.43. The Balaban J connectivity index is 1.96. The largest absolute Gasteiger partial charge is 0.508 e. The number of nitrogens with zero attached hydrogens (tertiary/aromatic N) is 1. The van der Waals surface area contributed by atoms with E-state index in [-0.39, 0.29) is 5.75 Å². The van der Waals surface area contributed by atoms with Crippen molar-refractivity contribution in [2.45, 2.75) is 6.42 Å². The minimum atomic E-state index is 0.206. The van der Waals surface area contributed by atoms with Gasteiger partial charge in [0.15, 0.2) is 11.5 Å². The quantitative estimate of drug-likeness (QED) is 0.728. The van der Waals surface area contributed by atoms with Gasteiger partial charge in [0, 0.05) is 12.5 Å². The second-order valence-corrected chi connectivity index (χ2v) is 3.92. The van der Waals surface area contributed by atoms with Gasteiger partial charge >= 0.3 is 0 Å². The first-order chi connectivity index (χ1) is 8.31. The summed E-state index contributed by atoms with van der Waals surface area (Å²) in [6.45, 7) is 0. The zero-order valence-corrected chi connectivity index (χ0v) is 9.13. The molecule has 0 bridgehead atoms. The highest BCUT2D eigenvalue weighted by Crippen LogP contribution is 2.21. The van der Waals surface area contributed by atoms with Crippen LogP contribution in [0.3, 0.4) is 0 Å². The van der Waals surface area contributed by atoms with Crippen LogP contribution in [0.4, 0.5) is 0 Å². The maximum atomic E-state index is 9.35. The Morgan fingerprint density at radius 3 is 2.71 bits per heavy atom. The molecule has 3 rings (SSSR count). The van der Waals surface area contributed by atoms with E-state index >= 15 is 0 Å². The van der Waals surface area contributed by atoms with Crippen molar-refractivity contribution < 1.29 is 9.52 Å². The van der Waals surface area contributed by atoms with Crippen LogP contribution < -0.4 is 0 Å². The van der Waals surface area contributed by atoms with E-state index in [1.807, 2.05) is 30.3 Å². The molecular weight excluding hydrogens is 214 g/mol. The van der Waals surface area contributed by atoms with Crippen LogP contribution in [0.5, 0.6) is 5.75 Å². The van der Waals surface area contributed by atoms with Gasteiger partial charge in [-0.05, 0) is 17.7 Å². The Morgan fingerprint density at radius 2 is 1.88 bits per heavy atom. The molecule has 0 unspecified atom stereocenters. The van der Waals surface area contributed by atoms with E-state index in [0.717, 1.165) is 5.56 Å². The van der Waals surface area contributed by atoms with Gasteiger partial charge in [0.05, 0.1) is 0 Å². The normalized spacial score (nSPS) is 10.8. The third-order valence-electron chi connectivity index (χ3n) is 2.61. The predicted molar refractivity (Wildman–Crippen MR) is 64.9 cm³/mol. The maximum Gasteiger partial charge on any atom is 0.199 e. The number of hydrogen-bond acceptors (Lipinski definition) is 3. The van der Waals surface area contributed by atoms with Crippen molar-refractivity contribution >= 4 is 11.1 Å². The topological polar surface area (TPSA) is 46.3 Å². The number of rotatable bonds is 2. The SMILES string of the molecule is Oc1ccc2oc(Cc3ccccc3)nc2c1. The van der Waals surface area contributed by atoms with Crippen LogP contribution in [-0.4, -0.2) is 10.1 Å². The second kappa shape index (κ2) is 3.94. The van der Waals surface area contributed by atoms with Gasteiger partial charge in [-0.25, -0.2) is 4.98 Å². The van der Waals surface area contributed by atoms with Crippen molar-refractivity contribution in [3.63, 3.8) is 0 Å². The summed E-state index contributed by atoms with van der Waals surface area (Å²) in [7, 11) is 0. The molecule has 2 aromatic carbocycles. The molecule has 0 atom stereocenters. The van der Waals surface area contributed by atoms with Gasteiger partial charge < -0.3 is 9.52 Å². The van der Waals surface area contributed by atoms with E-state index in [1.54, 1.807) is 18.2 Å². The molecule has 0 saturated heterocycles. The number of oxazole rings is 1. The lowest BCUT2D eigenvalue weighted by molar-refractivity contribution is 0.475. The van der Waals surface area contributed by atoms with E-state index < -0.39 is 0 Å². The van der Waals surface area contributed by atoms with Gasteiger partial charge in [0.2, 0.25) is 0 Å². The van der Waals surface area contributed by atoms with E-state index in [1.165, 1.54) is 0 Å². The van der Waals surface area contributed by atoms with Gasteiger partial charge in [-0.1, -0.05) is 30.3 Å². The lowest BCUT2D eigenvalue weighted by atomic mass is 10.1. The average Bonchev–Trinajstić information content (AvgIpc) is 2.71. The Bertz CT molecular complexity index is 644. The molecule has 1 heterocycles. The molecule has 3 heteroatoms. The Morgan fingerprint density at radius 1 is 1.06 bits per heavy atom. The molecule has 1 aromatic heterocycles. The van der Waals surface area contributed by atoms with Gasteiger partial charge in [-0.3, -0.25) is 0 Å². The average molecular weight is 225 g/mol. The molecule has 17 heavy (non-hydrogen) atoms. The van der Waals surface area contributed by atoms with Gasteiger partial charge in [-0.15, -0.1) is 0 Å². The summed E-state index contributed by atoms with van der Waals surface area (Å²) >= 11 is 0. The standard InChI is InChI=1S/C14H11NO2/c16-11-6-7-13-12(9-11)15-14(17-13)8-10-4-2-1-3-5-10/h1-7,9,16H,8H2. The van der Waals surface area contributed by atoms with Crippen molar-refractivity contribution in [2.75, 3.05) is 0 Å². The molecule has 0 spiro atoms. The Labute approximate surface area is 98.3 Å². The molecule has 0 amide bonds. The molecular formula is C14H11NO2. The molecule has 0 radical (unpaired) electrons. The molecule has 1 N–H and O–H groups in total. The maximum absolute atomic E-state index is 9.35. The lowest BCUT2D eigenvalue weighted by Crippen LogP contribution is -1.86. The molecule has 0 fully saturated rings. The smallest absolute Gasteiger partial charge is 0.199 e. The number of hydrogen-bond donors (Lipinski definition) is 1. The highest BCUT2D eigenvalue weighted by Gasteiger charge is 2.06. The molecule has 84 valence electrons. The molecule has 0 saturated carbocycles. The first-order valence-corrected chi connectivity index (χ1v) is 5.43. The first kappa shape index (κ1) is 9.90. The van der Waals surface area contributed by atoms with Crippen molar-refractivity contribution in [3.05, 3.63) is 60.0 Å². The third kappa shape index (κ3) is 1.99. The minimum absolute atomic E-state index is 0.206. The third-order valence-corrected chi connectivity index (χ3v) is 2.61. The van der Waals surface area contributed by atoms with Gasteiger partial charge in [-0.2, -0.15) is 0 Å². The number of phenols is 1. The Hall–Kier alpha value is -2.29. The van der Waals surface area contributed by atoms with Crippen LogP contribution in [0.15, 0.2) is 52.9 Å². The number of aromatic nitrogens is 1. The van der Waals surface area contributed by atoms with Crippen molar-refractivity contribution in [2.24, 2.45) is 0 Å². The summed E-state index contributed by atoms with van der Waals surface area (Å²) in [4.78, 5) is 4.34.